The summed E-state index contributed by atoms with van der Waals surface area (Å²) in [5.74, 6) is 0. The van der Waals surface area contributed by atoms with Gasteiger partial charge in [0.15, 0.2) is 0 Å². The summed E-state index contributed by atoms with van der Waals surface area (Å²) < 4.78 is 0. The fourth-order valence-corrected chi connectivity index (χ4v) is 0. The van der Waals surface area contributed by atoms with Crippen LogP contribution in [0.2, 0.25) is 0 Å². The zero-order valence-corrected chi connectivity index (χ0v) is 12.2. The van der Waals surface area contributed by atoms with Crippen molar-refractivity contribution in [1.82, 2.24) is 0 Å². The summed E-state index contributed by atoms with van der Waals surface area (Å²) in [6, 6.07) is 0. The summed E-state index contributed by atoms with van der Waals surface area (Å²) in [6.45, 7) is 0. The molecule has 0 N–H and O–H groups in total. The Kier molecular flexibility index (Phi) is 59.1. The maximum Gasteiger partial charge on any atom is 3.00 e. The molecule has 0 aromatic rings. The Morgan fingerprint density at radius 1 is 0.444 bits per heavy atom. The van der Waals surface area contributed by atoms with Gasteiger partial charge in [-0.2, -0.15) is 0 Å². The van der Waals surface area contributed by atoms with Crippen molar-refractivity contribution in [2.24, 2.45) is 0 Å². The third-order valence-corrected chi connectivity index (χ3v) is 0. The van der Waals surface area contributed by atoms with Gasteiger partial charge in [-0.1, -0.05) is 0 Å². The van der Waals surface area contributed by atoms with Gasteiger partial charge in [-0.05, 0) is 0 Å². The molecule has 0 aliphatic heterocycles. The van der Waals surface area contributed by atoms with Crippen LogP contribution < -0.4 is 29.6 Å². The number of hydrogen-bond donors (Lipinski definition) is 0. The van der Waals surface area contributed by atoms with Crippen LogP contribution in [0, 0.1) is 61.3 Å². The molecule has 104 valence electrons. The smallest absolute Gasteiger partial charge is 0.356 e. The molecular formula is AuN4NaO12. The van der Waals surface area contributed by atoms with Crippen molar-refractivity contribution in [3.63, 3.8) is 0 Å². The molecule has 0 spiro atoms. The average molecular weight is 468 g/mol. The van der Waals surface area contributed by atoms with Crippen LogP contribution in [0.15, 0.2) is 0 Å². The summed E-state index contributed by atoms with van der Waals surface area (Å²) >= 11 is 0. The molecule has 0 aromatic carbocycles. The van der Waals surface area contributed by atoms with Crippen LogP contribution in [0.1, 0.15) is 0 Å². The topological polar surface area (TPSA) is 265 Å². The number of hydrogen-bond acceptors (Lipinski definition) is 12. The molecule has 0 saturated heterocycles. The van der Waals surface area contributed by atoms with Gasteiger partial charge in [0.2, 0.25) is 0 Å². The minimum atomic E-state index is -1.75. The van der Waals surface area contributed by atoms with E-state index in [2.05, 4.69) is 0 Å². The first-order chi connectivity index (χ1) is 6.93. The quantitative estimate of drug-likeness (QED) is 0.187. The fourth-order valence-electron chi connectivity index (χ4n) is 0. The summed E-state index contributed by atoms with van der Waals surface area (Å²) in [5, 5.41) is 59.0. The summed E-state index contributed by atoms with van der Waals surface area (Å²) in [4.78, 5) is 33.0. The normalized spacial score (nSPS) is 5.33. The van der Waals surface area contributed by atoms with Crippen molar-refractivity contribution in [1.29, 1.82) is 0 Å². The SMILES string of the molecule is O=[N+]([O-])[O-].O=[N+]([O-])[O-].O=[N+]([O-])[O-].O=[N+]([O-])[O-].[Au+3].[Na+]. The van der Waals surface area contributed by atoms with Crippen LogP contribution >= 0.6 is 0 Å². The minimum Gasteiger partial charge on any atom is -0.356 e. The molecule has 0 rings (SSSR count). The van der Waals surface area contributed by atoms with Gasteiger partial charge >= 0.3 is 51.9 Å². The molecule has 18 heteroatoms. The van der Waals surface area contributed by atoms with E-state index in [9.17, 15) is 0 Å². The molecule has 0 heterocycles. The monoisotopic (exact) mass is 468 g/mol. The van der Waals surface area contributed by atoms with E-state index in [4.69, 9.17) is 61.3 Å². The maximum absolute atomic E-state index is 8.25. The first-order valence-corrected chi connectivity index (χ1v) is 2.19. The Morgan fingerprint density at radius 3 is 0.444 bits per heavy atom. The Balaban J connectivity index is -0.0000000257. The van der Waals surface area contributed by atoms with E-state index in [1.165, 1.54) is 0 Å². The van der Waals surface area contributed by atoms with Gasteiger partial charge in [0, 0.05) is 0 Å². The standard InChI is InChI=1S/Au.4NO3.Na/c;4*2-1(3)4;/q+3;4*-1;+1. The maximum atomic E-state index is 8.25. The molecule has 16 nitrogen and oxygen atoms in total. The second-order valence-electron chi connectivity index (χ2n) is 0.894. The van der Waals surface area contributed by atoms with Gasteiger partial charge in [-0.3, -0.25) is 0 Å². The summed E-state index contributed by atoms with van der Waals surface area (Å²) in [6.07, 6.45) is 0. The second-order valence-corrected chi connectivity index (χ2v) is 0.894. The molecule has 0 atom stereocenters. The van der Waals surface area contributed by atoms with Crippen molar-refractivity contribution < 1.29 is 72.3 Å². The zero-order chi connectivity index (χ0) is 14.3. The third kappa shape index (κ3) is 1250. The van der Waals surface area contributed by atoms with Crippen LogP contribution in [0.4, 0.5) is 0 Å². The van der Waals surface area contributed by atoms with E-state index in [0.717, 1.165) is 0 Å². The number of nitrogens with zero attached hydrogens (tertiary/aromatic N) is 4. The van der Waals surface area contributed by atoms with Crippen molar-refractivity contribution in [2.75, 3.05) is 0 Å². The van der Waals surface area contributed by atoms with Crippen LogP contribution in [-0.4, -0.2) is 20.3 Å². The average Bonchev–Trinajstić information content (AvgIpc) is 1.76. The van der Waals surface area contributed by atoms with E-state index >= 15 is 0 Å². The molecule has 0 saturated carbocycles. The van der Waals surface area contributed by atoms with E-state index in [-0.39, 0.29) is 51.9 Å². The predicted octanol–water partition coefficient (Wildman–Crippen LogP) is -3.95. The first kappa shape index (κ1) is 36.0. The molecule has 0 amide bonds. The molecule has 0 aromatic heterocycles. The van der Waals surface area contributed by atoms with Gasteiger partial charge in [0.05, 0.1) is 20.3 Å². The van der Waals surface area contributed by atoms with Crippen molar-refractivity contribution in [3.8, 4) is 0 Å². The van der Waals surface area contributed by atoms with Gasteiger partial charge < -0.3 is 61.3 Å². The molecule has 0 fully saturated rings. The van der Waals surface area contributed by atoms with Gasteiger partial charge in [-0.25, -0.2) is 0 Å². The Hall–Kier alpha value is -1.46. The summed E-state index contributed by atoms with van der Waals surface area (Å²) in [7, 11) is 0. The van der Waals surface area contributed by atoms with Crippen LogP contribution in [0.25, 0.3) is 0 Å². The fraction of sp³-hybridized carbons (Fsp3) is 0. The Morgan fingerprint density at radius 2 is 0.444 bits per heavy atom. The minimum absolute atomic E-state index is 0. The van der Waals surface area contributed by atoms with Gasteiger partial charge in [-0.15, -0.1) is 0 Å². The van der Waals surface area contributed by atoms with E-state index in [0.29, 0.717) is 0 Å². The largest absolute Gasteiger partial charge is 3.00 e. The molecule has 0 radical (unpaired) electrons. The molecule has 18 heavy (non-hydrogen) atoms. The van der Waals surface area contributed by atoms with Gasteiger partial charge in [0.1, 0.15) is 0 Å². The van der Waals surface area contributed by atoms with Crippen molar-refractivity contribution >= 4 is 0 Å². The van der Waals surface area contributed by atoms with Crippen molar-refractivity contribution in [3.05, 3.63) is 61.3 Å². The van der Waals surface area contributed by atoms with Crippen molar-refractivity contribution in [2.45, 2.75) is 0 Å². The van der Waals surface area contributed by atoms with E-state index in [1.807, 2.05) is 0 Å². The predicted molar refractivity (Wildman–Crippen MR) is 41.4 cm³/mol. The van der Waals surface area contributed by atoms with E-state index < -0.39 is 20.3 Å². The molecule has 0 bridgehead atoms. The molecule has 0 aliphatic rings. The van der Waals surface area contributed by atoms with Crippen LogP contribution in [0.5, 0.6) is 0 Å². The second kappa shape index (κ2) is 29.6. The Labute approximate surface area is 133 Å². The summed E-state index contributed by atoms with van der Waals surface area (Å²) in [5.41, 5.74) is 0. The van der Waals surface area contributed by atoms with Crippen LogP contribution in [-0.2, 0) is 22.4 Å². The molecule has 0 aliphatic carbocycles. The van der Waals surface area contributed by atoms with Gasteiger partial charge in [0.25, 0.3) is 0 Å². The third-order valence-electron chi connectivity index (χ3n) is 0. The first-order valence-electron chi connectivity index (χ1n) is 2.19. The Bertz CT molecular complexity index is 164. The van der Waals surface area contributed by atoms with E-state index in [1.54, 1.807) is 0 Å². The van der Waals surface area contributed by atoms with Crippen LogP contribution in [0.3, 0.4) is 0 Å². The number of rotatable bonds is 0. The molecular weight excluding hydrogens is 468 g/mol. The molecule has 0 unspecified atom stereocenters. The zero-order valence-electron chi connectivity index (χ0n) is 7.99.